The SMILES string of the molecule is COCC(C)NC(=O)C1CCCN(Cc2nc(-c3ccccc3)no2)C1. The Labute approximate surface area is 153 Å². The molecule has 1 amide bonds. The number of methoxy groups -OCH3 is 1. The van der Waals surface area contributed by atoms with Gasteiger partial charge in [-0.05, 0) is 26.3 Å². The Bertz CT molecular complexity index is 704. The van der Waals surface area contributed by atoms with Crippen LogP contribution in [0, 0.1) is 5.92 Å². The maximum absolute atomic E-state index is 12.4. The van der Waals surface area contributed by atoms with E-state index in [0.29, 0.717) is 31.4 Å². The number of nitrogens with zero attached hydrogens (tertiary/aromatic N) is 3. The lowest BCUT2D eigenvalue weighted by Crippen LogP contribution is -2.46. The van der Waals surface area contributed by atoms with Crippen LogP contribution in [0.2, 0.25) is 0 Å². The molecular formula is C19H26N4O3. The number of hydrogen-bond acceptors (Lipinski definition) is 6. The molecule has 1 aliphatic rings. The van der Waals surface area contributed by atoms with Crippen molar-refractivity contribution in [2.45, 2.75) is 32.4 Å². The van der Waals surface area contributed by atoms with Gasteiger partial charge in [0, 0.05) is 25.3 Å². The van der Waals surface area contributed by atoms with Crippen LogP contribution >= 0.6 is 0 Å². The van der Waals surface area contributed by atoms with Crippen molar-refractivity contribution in [3.63, 3.8) is 0 Å². The fraction of sp³-hybridized carbons (Fsp3) is 0.526. The predicted molar refractivity (Wildman–Crippen MR) is 97.2 cm³/mol. The molecule has 2 heterocycles. The molecule has 0 bridgehead atoms. The van der Waals surface area contributed by atoms with Crippen LogP contribution in [0.5, 0.6) is 0 Å². The average Bonchev–Trinajstić information content (AvgIpc) is 3.11. The number of amides is 1. The molecule has 2 atom stereocenters. The van der Waals surface area contributed by atoms with Gasteiger partial charge in [-0.1, -0.05) is 35.5 Å². The van der Waals surface area contributed by atoms with Crippen molar-refractivity contribution in [2.24, 2.45) is 5.92 Å². The Morgan fingerprint density at radius 1 is 1.42 bits per heavy atom. The van der Waals surface area contributed by atoms with E-state index in [1.807, 2.05) is 37.3 Å². The van der Waals surface area contributed by atoms with Gasteiger partial charge < -0.3 is 14.6 Å². The molecule has 1 aromatic carbocycles. The standard InChI is InChI=1S/C19H26N4O3/c1-14(13-25-2)20-19(24)16-9-6-10-23(11-16)12-17-21-18(22-26-17)15-7-4-3-5-8-15/h3-5,7-8,14,16H,6,9-13H2,1-2H3,(H,20,24). The highest BCUT2D eigenvalue weighted by Crippen LogP contribution is 2.20. The van der Waals surface area contributed by atoms with E-state index >= 15 is 0 Å². The quantitative estimate of drug-likeness (QED) is 0.816. The summed E-state index contributed by atoms with van der Waals surface area (Å²) in [7, 11) is 1.64. The van der Waals surface area contributed by atoms with E-state index in [0.717, 1.165) is 24.9 Å². The molecule has 0 saturated carbocycles. The van der Waals surface area contributed by atoms with E-state index in [4.69, 9.17) is 9.26 Å². The molecule has 7 heteroatoms. The fourth-order valence-electron chi connectivity index (χ4n) is 3.28. The summed E-state index contributed by atoms with van der Waals surface area (Å²) in [6, 6.07) is 9.78. The lowest BCUT2D eigenvalue weighted by molar-refractivity contribution is -0.127. The summed E-state index contributed by atoms with van der Waals surface area (Å²) in [6.45, 7) is 4.67. The Balaban J connectivity index is 1.55. The molecular weight excluding hydrogens is 332 g/mol. The zero-order valence-electron chi connectivity index (χ0n) is 15.4. The third kappa shape index (κ3) is 4.89. The van der Waals surface area contributed by atoms with Crippen LogP contribution in [0.1, 0.15) is 25.7 Å². The van der Waals surface area contributed by atoms with Crippen LogP contribution < -0.4 is 5.32 Å². The molecule has 26 heavy (non-hydrogen) atoms. The Morgan fingerprint density at radius 3 is 3.00 bits per heavy atom. The maximum Gasteiger partial charge on any atom is 0.241 e. The third-order valence-corrected chi connectivity index (χ3v) is 4.54. The molecule has 0 aliphatic carbocycles. The molecule has 0 radical (unpaired) electrons. The average molecular weight is 358 g/mol. The lowest BCUT2D eigenvalue weighted by atomic mass is 9.97. The molecule has 0 spiro atoms. The van der Waals surface area contributed by atoms with Gasteiger partial charge in [-0.2, -0.15) is 4.98 Å². The minimum Gasteiger partial charge on any atom is -0.383 e. The second-order valence-corrected chi connectivity index (χ2v) is 6.82. The van der Waals surface area contributed by atoms with Gasteiger partial charge in [-0.15, -0.1) is 0 Å². The predicted octanol–water partition coefficient (Wildman–Crippen LogP) is 2.10. The zero-order valence-corrected chi connectivity index (χ0v) is 15.4. The molecule has 2 unspecified atom stereocenters. The van der Waals surface area contributed by atoms with Crippen LogP contribution in [0.25, 0.3) is 11.4 Å². The second kappa shape index (κ2) is 8.91. The largest absolute Gasteiger partial charge is 0.383 e. The summed E-state index contributed by atoms with van der Waals surface area (Å²) in [4.78, 5) is 19.1. The van der Waals surface area contributed by atoms with Crippen molar-refractivity contribution in [3.8, 4) is 11.4 Å². The summed E-state index contributed by atoms with van der Waals surface area (Å²) in [5.41, 5.74) is 0.936. The maximum atomic E-state index is 12.4. The molecule has 1 fully saturated rings. The number of rotatable bonds is 7. The second-order valence-electron chi connectivity index (χ2n) is 6.82. The number of carbonyl (C=O) groups excluding carboxylic acids is 1. The summed E-state index contributed by atoms with van der Waals surface area (Å²) < 4.78 is 10.5. The summed E-state index contributed by atoms with van der Waals surface area (Å²) in [6.07, 6.45) is 1.89. The highest BCUT2D eigenvalue weighted by atomic mass is 16.5. The highest BCUT2D eigenvalue weighted by Gasteiger charge is 2.27. The van der Waals surface area contributed by atoms with Gasteiger partial charge in [-0.3, -0.25) is 9.69 Å². The van der Waals surface area contributed by atoms with Gasteiger partial charge in [0.15, 0.2) is 0 Å². The van der Waals surface area contributed by atoms with Gasteiger partial charge in [0.05, 0.1) is 19.1 Å². The van der Waals surface area contributed by atoms with Gasteiger partial charge >= 0.3 is 0 Å². The molecule has 1 aromatic heterocycles. The number of nitrogens with one attached hydrogen (secondary N) is 1. The number of aromatic nitrogens is 2. The van der Waals surface area contributed by atoms with Crippen LogP contribution in [-0.2, 0) is 16.1 Å². The van der Waals surface area contributed by atoms with Gasteiger partial charge in [0.25, 0.3) is 0 Å². The van der Waals surface area contributed by atoms with Gasteiger partial charge in [0.1, 0.15) is 0 Å². The first-order valence-corrected chi connectivity index (χ1v) is 9.05. The molecule has 3 rings (SSSR count). The Morgan fingerprint density at radius 2 is 2.23 bits per heavy atom. The first kappa shape index (κ1) is 18.5. The van der Waals surface area contributed by atoms with E-state index in [-0.39, 0.29) is 17.9 Å². The monoisotopic (exact) mass is 358 g/mol. The molecule has 1 N–H and O–H groups in total. The summed E-state index contributed by atoms with van der Waals surface area (Å²) in [5, 5.41) is 7.08. The molecule has 1 aliphatic heterocycles. The van der Waals surface area contributed by atoms with Crippen molar-refractivity contribution in [1.82, 2.24) is 20.4 Å². The Kier molecular flexibility index (Phi) is 6.35. The van der Waals surface area contributed by atoms with Crippen molar-refractivity contribution in [3.05, 3.63) is 36.2 Å². The fourth-order valence-corrected chi connectivity index (χ4v) is 3.28. The smallest absolute Gasteiger partial charge is 0.241 e. The number of ether oxygens (including phenoxy) is 1. The number of likely N-dealkylation sites (tertiary alicyclic amines) is 1. The van der Waals surface area contributed by atoms with E-state index in [9.17, 15) is 4.79 Å². The first-order chi connectivity index (χ1) is 12.7. The van der Waals surface area contributed by atoms with Crippen LogP contribution in [0.3, 0.4) is 0 Å². The first-order valence-electron chi connectivity index (χ1n) is 9.05. The molecule has 2 aromatic rings. The van der Waals surface area contributed by atoms with E-state index in [1.165, 1.54) is 0 Å². The molecule has 7 nitrogen and oxygen atoms in total. The van der Waals surface area contributed by atoms with Crippen LogP contribution in [0.4, 0.5) is 0 Å². The van der Waals surface area contributed by atoms with Crippen molar-refractivity contribution >= 4 is 5.91 Å². The zero-order chi connectivity index (χ0) is 18.4. The van der Waals surface area contributed by atoms with Crippen molar-refractivity contribution < 1.29 is 14.1 Å². The lowest BCUT2D eigenvalue weighted by Gasteiger charge is -2.31. The van der Waals surface area contributed by atoms with E-state index in [2.05, 4.69) is 20.4 Å². The van der Waals surface area contributed by atoms with Crippen molar-refractivity contribution in [2.75, 3.05) is 26.8 Å². The number of carbonyl (C=O) groups is 1. The van der Waals surface area contributed by atoms with Gasteiger partial charge in [-0.25, -0.2) is 0 Å². The minimum absolute atomic E-state index is 0.0143. The van der Waals surface area contributed by atoms with E-state index < -0.39 is 0 Å². The number of hydrogen-bond donors (Lipinski definition) is 1. The molecule has 1 saturated heterocycles. The minimum atomic E-state index is -0.0143. The van der Waals surface area contributed by atoms with Crippen LogP contribution in [-0.4, -0.2) is 53.8 Å². The Hall–Kier alpha value is -2.25. The summed E-state index contributed by atoms with van der Waals surface area (Å²) in [5.74, 6) is 1.26. The molecule has 140 valence electrons. The number of piperidine rings is 1. The van der Waals surface area contributed by atoms with E-state index in [1.54, 1.807) is 7.11 Å². The highest BCUT2D eigenvalue weighted by molar-refractivity contribution is 5.79. The normalized spacial score (nSPS) is 19.2. The van der Waals surface area contributed by atoms with Crippen LogP contribution in [0.15, 0.2) is 34.9 Å². The number of benzene rings is 1. The van der Waals surface area contributed by atoms with Crippen molar-refractivity contribution in [1.29, 1.82) is 0 Å². The topological polar surface area (TPSA) is 80.5 Å². The van der Waals surface area contributed by atoms with Gasteiger partial charge in [0.2, 0.25) is 17.6 Å². The summed E-state index contributed by atoms with van der Waals surface area (Å²) >= 11 is 0. The third-order valence-electron chi connectivity index (χ3n) is 4.54.